The first-order valence-corrected chi connectivity index (χ1v) is 4.17. The van der Waals surface area contributed by atoms with Crippen molar-refractivity contribution in [3.8, 4) is 11.3 Å². The van der Waals surface area contributed by atoms with Crippen LogP contribution in [0.2, 0.25) is 0 Å². The quantitative estimate of drug-likeness (QED) is 0.769. The van der Waals surface area contributed by atoms with E-state index in [0.717, 1.165) is 11.3 Å². The summed E-state index contributed by atoms with van der Waals surface area (Å²) in [6.07, 6.45) is 3.29. The van der Waals surface area contributed by atoms with Crippen LogP contribution in [0.15, 0.2) is 41.5 Å². The van der Waals surface area contributed by atoms with Gasteiger partial charge < -0.3 is 10.7 Å². The van der Waals surface area contributed by atoms with Crippen molar-refractivity contribution in [2.24, 2.45) is 0 Å². The number of rotatable bonds is 1. The smallest absolute Gasteiger partial charge is 0.271 e. The third-order valence-corrected chi connectivity index (χ3v) is 1.89. The summed E-state index contributed by atoms with van der Waals surface area (Å²) in [5.74, 6) is 0. The van der Waals surface area contributed by atoms with Crippen molar-refractivity contribution in [3.63, 3.8) is 0 Å². The monoisotopic (exact) mass is 223 g/mol. The summed E-state index contributed by atoms with van der Waals surface area (Å²) in [7, 11) is 0. The zero-order valence-corrected chi connectivity index (χ0v) is 8.62. The molecule has 0 fully saturated rings. The molecule has 3 N–H and O–H groups in total. The third-order valence-electron chi connectivity index (χ3n) is 1.89. The predicted molar refractivity (Wildman–Crippen MR) is 62.0 cm³/mol. The van der Waals surface area contributed by atoms with Crippen molar-refractivity contribution in [2.75, 3.05) is 5.73 Å². The SMILES string of the molecule is Cl.Nc1cc(-c2ccccn2)c[nH]c1=O. The highest BCUT2D eigenvalue weighted by molar-refractivity contribution is 5.85. The van der Waals surface area contributed by atoms with Crippen LogP contribution in [0, 0.1) is 0 Å². The molecule has 4 nitrogen and oxygen atoms in total. The summed E-state index contributed by atoms with van der Waals surface area (Å²) in [5.41, 5.74) is 7.01. The average molecular weight is 224 g/mol. The molecule has 0 unspecified atom stereocenters. The van der Waals surface area contributed by atoms with Gasteiger partial charge in [-0.1, -0.05) is 6.07 Å². The van der Waals surface area contributed by atoms with E-state index in [1.165, 1.54) is 0 Å². The van der Waals surface area contributed by atoms with Crippen LogP contribution in [-0.2, 0) is 0 Å². The van der Waals surface area contributed by atoms with E-state index in [1.54, 1.807) is 18.5 Å². The number of halogens is 1. The maximum Gasteiger partial charge on any atom is 0.271 e. The number of hydrogen-bond acceptors (Lipinski definition) is 3. The molecule has 0 radical (unpaired) electrons. The summed E-state index contributed by atoms with van der Waals surface area (Å²) >= 11 is 0. The second-order valence-electron chi connectivity index (χ2n) is 2.89. The Kier molecular flexibility index (Phi) is 3.46. The number of nitrogen functional groups attached to an aromatic ring is 1. The highest BCUT2D eigenvalue weighted by Gasteiger charge is 2.00. The van der Waals surface area contributed by atoms with E-state index < -0.39 is 0 Å². The number of hydrogen-bond donors (Lipinski definition) is 2. The molecular formula is C10H10ClN3O. The maximum absolute atomic E-state index is 11.0. The summed E-state index contributed by atoms with van der Waals surface area (Å²) in [5, 5.41) is 0. The molecule has 78 valence electrons. The van der Waals surface area contributed by atoms with Crippen LogP contribution in [0.25, 0.3) is 11.3 Å². The largest absolute Gasteiger partial charge is 0.394 e. The number of aromatic nitrogens is 2. The fourth-order valence-corrected chi connectivity index (χ4v) is 1.18. The van der Waals surface area contributed by atoms with Crippen molar-refractivity contribution in [3.05, 3.63) is 47.0 Å². The summed E-state index contributed by atoms with van der Waals surface area (Å²) in [6.45, 7) is 0. The first-order valence-electron chi connectivity index (χ1n) is 4.17. The molecule has 0 aliphatic carbocycles. The molecule has 2 aromatic rings. The average Bonchev–Trinajstić information content (AvgIpc) is 2.23. The van der Waals surface area contributed by atoms with E-state index in [9.17, 15) is 4.79 Å². The fraction of sp³-hybridized carbons (Fsp3) is 0. The lowest BCUT2D eigenvalue weighted by molar-refractivity contribution is 1.23. The topological polar surface area (TPSA) is 71.8 Å². The van der Waals surface area contributed by atoms with Crippen LogP contribution in [0.5, 0.6) is 0 Å². The minimum atomic E-state index is -0.273. The molecule has 0 aromatic carbocycles. The van der Waals surface area contributed by atoms with Crippen LogP contribution in [0.1, 0.15) is 0 Å². The number of nitrogens with zero attached hydrogens (tertiary/aromatic N) is 1. The highest BCUT2D eigenvalue weighted by Crippen LogP contribution is 2.14. The molecular weight excluding hydrogens is 214 g/mol. The van der Waals surface area contributed by atoms with Gasteiger partial charge in [-0.25, -0.2) is 0 Å². The van der Waals surface area contributed by atoms with E-state index in [-0.39, 0.29) is 23.7 Å². The Hall–Kier alpha value is -1.81. The summed E-state index contributed by atoms with van der Waals surface area (Å²) < 4.78 is 0. The van der Waals surface area contributed by atoms with Gasteiger partial charge in [0, 0.05) is 18.0 Å². The van der Waals surface area contributed by atoms with Gasteiger partial charge in [-0.15, -0.1) is 12.4 Å². The minimum Gasteiger partial charge on any atom is -0.394 e. The summed E-state index contributed by atoms with van der Waals surface area (Å²) in [4.78, 5) is 17.7. The molecule has 2 rings (SSSR count). The highest BCUT2D eigenvalue weighted by atomic mass is 35.5. The Balaban J connectivity index is 0.00000112. The molecule has 0 aliphatic heterocycles. The van der Waals surface area contributed by atoms with Gasteiger partial charge in [0.2, 0.25) is 0 Å². The van der Waals surface area contributed by atoms with Crippen molar-refractivity contribution < 1.29 is 0 Å². The lowest BCUT2D eigenvalue weighted by Crippen LogP contribution is -2.10. The van der Waals surface area contributed by atoms with Gasteiger partial charge in [-0.2, -0.15) is 0 Å². The Labute approximate surface area is 92.6 Å². The molecule has 0 saturated heterocycles. The fourth-order valence-electron chi connectivity index (χ4n) is 1.18. The molecule has 0 bridgehead atoms. The second kappa shape index (κ2) is 4.61. The number of nitrogens with two attached hydrogens (primary N) is 1. The summed E-state index contributed by atoms with van der Waals surface area (Å²) in [6, 6.07) is 7.18. The molecule has 2 aromatic heterocycles. The molecule has 0 amide bonds. The number of H-pyrrole nitrogens is 1. The van der Waals surface area contributed by atoms with Gasteiger partial charge in [0.25, 0.3) is 5.56 Å². The number of pyridine rings is 2. The van der Waals surface area contributed by atoms with Crippen LogP contribution < -0.4 is 11.3 Å². The molecule has 5 heteroatoms. The maximum atomic E-state index is 11.0. The van der Waals surface area contributed by atoms with Gasteiger partial charge in [0.15, 0.2) is 0 Å². The normalized spacial score (nSPS) is 9.33. The molecule has 0 atom stereocenters. The van der Waals surface area contributed by atoms with E-state index in [0.29, 0.717) is 0 Å². The first-order chi connectivity index (χ1) is 6.77. The lowest BCUT2D eigenvalue weighted by Gasteiger charge is -1.99. The number of anilines is 1. The molecule has 0 saturated carbocycles. The van der Waals surface area contributed by atoms with E-state index in [1.807, 2.05) is 18.2 Å². The lowest BCUT2D eigenvalue weighted by atomic mass is 10.2. The van der Waals surface area contributed by atoms with Crippen LogP contribution >= 0.6 is 12.4 Å². The zero-order chi connectivity index (χ0) is 9.97. The Morgan fingerprint density at radius 3 is 2.73 bits per heavy atom. The number of nitrogens with one attached hydrogen (secondary N) is 1. The number of aromatic amines is 1. The van der Waals surface area contributed by atoms with Gasteiger partial charge in [-0.05, 0) is 18.2 Å². The third kappa shape index (κ3) is 2.35. The standard InChI is InChI=1S/C10H9N3O.ClH/c11-8-5-7(6-13-10(8)14)9-3-1-2-4-12-9;/h1-6H,11H2,(H,13,14);1H. The van der Waals surface area contributed by atoms with Crippen molar-refractivity contribution >= 4 is 18.1 Å². The van der Waals surface area contributed by atoms with Crippen LogP contribution in [0.3, 0.4) is 0 Å². The Morgan fingerprint density at radius 2 is 2.13 bits per heavy atom. The predicted octanol–water partition coefficient (Wildman–Crippen LogP) is 1.44. The molecule has 0 spiro atoms. The van der Waals surface area contributed by atoms with Crippen LogP contribution in [-0.4, -0.2) is 9.97 Å². The zero-order valence-electron chi connectivity index (χ0n) is 7.81. The van der Waals surface area contributed by atoms with Gasteiger partial charge in [0.1, 0.15) is 0 Å². The molecule has 2 heterocycles. The van der Waals surface area contributed by atoms with Crippen molar-refractivity contribution in [2.45, 2.75) is 0 Å². The second-order valence-corrected chi connectivity index (χ2v) is 2.89. The Bertz CT molecular complexity index is 496. The van der Waals surface area contributed by atoms with E-state index in [4.69, 9.17) is 5.73 Å². The van der Waals surface area contributed by atoms with Gasteiger partial charge >= 0.3 is 0 Å². The van der Waals surface area contributed by atoms with Crippen LogP contribution in [0.4, 0.5) is 5.69 Å². The van der Waals surface area contributed by atoms with Crippen molar-refractivity contribution in [1.82, 2.24) is 9.97 Å². The van der Waals surface area contributed by atoms with Gasteiger partial charge in [-0.3, -0.25) is 9.78 Å². The van der Waals surface area contributed by atoms with Gasteiger partial charge in [0.05, 0.1) is 11.4 Å². The minimum absolute atomic E-state index is 0. The molecule has 0 aliphatic rings. The first kappa shape index (κ1) is 11.3. The van der Waals surface area contributed by atoms with E-state index >= 15 is 0 Å². The molecule has 15 heavy (non-hydrogen) atoms. The Morgan fingerprint density at radius 1 is 1.33 bits per heavy atom. The van der Waals surface area contributed by atoms with E-state index in [2.05, 4.69) is 9.97 Å². The van der Waals surface area contributed by atoms with Crippen molar-refractivity contribution in [1.29, 1.82) is 0 Å².